The van der Waals surface area contributed by atoms with Gasteiger partial charge in [-0.05, 0) is 59.6 Å². The summed E-state index contributed by atoms with van der Waals surface area (Å²) in [6.07, 6.45) is 1.03. The molecule has 7 heteroatoms. The summed E-state index contributed by atoms with van der Waals surface area (Å²) in [4.78, 5) is 19.0. The van der Waals surface area contributed by atoms with Crippen LogP contribution in [-0.2, 0) is 9.53 Å². The van der Waals surface area contributed by atoms with Crippen LogP contribution in [0.5, 0.6) is 5.75 Å². The van der Waals surface area contributed by atoms with E-state index in [2.05, 4.69) is 31.1 Å². The molecule has 0 saturated carbocycles. The van der Waals surface area contributed by atoms with Gasteiger partial charge < -0.3 is 19.7 Å². The Morgan fingerprint density at radius 2 is 2.08 bits per heavy atom. The van der Waals surface area contributed by atoms with Crippen molar-refractivity contribution in [2.75, 3.05) is 36.5 Å². The van der Waals surface area contributed by atoms with Crippen molar-refractivity contribution < 1.29 is 14.3 Å². The molecule has 138 valence electrons. The second-order valence-electron chi connectivity index (χ2n) is 6.19. The molecule has 1 aliphatic heterocycles. The van der Waals surface area contributed by atoms with E-state index < -0.39 is 6.10 Å². The van der Waals surface area contributed by atoms with E-state index in [1.54, 1.807) is 13.1 Å². The van der Waals surface area contributed by atoms with Crippen LogP contribution >= 0.6 is 15.9 Å². The van der Waals surface area contributed by atoms with Gasteiger partial charge in [0, 0.05) is 13.1 Å². The molecule has 1 atom stereocenters. The number of hydrogen-bond acceptors (Lipinski definition) is 5. The summed E-state index contributed by atoms with van der Waals surface area (Å²) in [5.74, 6) is 1.30. The number of anilines is 2. The van der Waals surface area contributed by atoms with Crippen LogP contribution in [0, 0.1) is 6.92 Å². The average molecular weight is 420 g/mol. The standard InChI is InChI=1S/C19H22BrN3O3/c1-13-3-5-17(16(20)11-13)26-14(2)19(24)22-15-4-6-18(21-12-15)23-7-9-25-10-8-23/h3-6,11-12,14H,7-10H2,1-2H3,(H,22,24)/t14-/m1/s1. The number of aromatic nitrogens is 1. The Labute approximate surface area is 161 Å². The van der Waals surface area contributed by atoms with Gasteiger partial charge in [0.1, 0.15) is 11.6 Å². The third-order valence-corrected chi connectivity index (χ3v) is 4.73. The van der Waals surface area contributed by atoms with Gasteiger partial charge >= 0.3 is 0 Å². The first kappa shape index (κ1) is 18.7. The molecule has 1 aliphatic rings. The number of pyridine rings is 1. The summed E-state index contributed by atoms with van der Waals surface area (Å²) < 4.78 is 11.9. The average Bonchev–Trinajstić information content (AvgIpc) is 2.65. The number of nitrogens with one attached hydrogen (secondary N) is 1. The Morgan fingerprint density at radius 3 is 2.73 bits per heavy atom. The number of ether oxygens (including phenoxy) is 2. The van der Waals surface area contributed by atoms with E-state index in [1.165, 1.54) is 0 Å². The van der Waals surface area contributed by atoms with Gasteiger partial charge in [-0.1, -0.05) is 6.07 Å². The first-order valence-corrected chi connectivity index (χ1v) is 9.34. The maximum Gasteiger partial charge on any atom is 0.265 e. The highest BCUT2D eigenvalue weighted by Crippen LogP contribution is 2.27. The zero-order valence-electron chi connectivity index (χ0n) is 14.9. The first-order valence-electron chi connectivity index (χ1n) is 8.55. The van der Waals surface area contributed by atoms with Gasteiger partial charge in [-0.25, -0.2) is 4.98 Å². The highest BCUT2D eigenvalue weighted by Gasteiger charge is 2.17. The number of carbonyl (C=O) groups excluding carboxylic acids is 1. The Morgan fingerprint density at radius 1 is 1.31 bits per heavy atom. The fraction of sp³-hybridized carbons (Fsp3) is 0.368. The van der Waals surface area contributed by atoms with E-state index in [0.717, 1.165) is 28.9 Å². The first-order chi connectivity index (χ1) is 12.5. The van der Waals surface area contributed by atoms with E-state index in [4.69, 9.17) is 9.47 Å². The molecule has 2 aromatic rings. The smallest absolute Gasteiger partial charge is 0.265 e. The lowest BCUT2D eigenvalue weighted by atomic mass is 10.2. The SMILES string of the molecule is Cc1ccc(O[C@H](C)C(=O)Nc2ccc(N3CCOCC3)nc2)c(Br)c1. The van der Waals surface area contributed by atoms with Crippen molar-refractivity contribution in [3.05, 3.63) is 46.6 Å². The van der Waals surface area contributed by atoms with Gasteiger partial charge in [-0.15, -0.1) is 0 Å². The molecule has 0 bridgehead atoms. The van der Waals surface area contributed by atoms with Crippen LogP contribution in [-0.4, -0.2) is 43.3 Å². The molecule has 1 aromatic carbocycles. The summed E-state index contributed by atoms with van der Waals surface area (Å²) >= 11 is 3.46. The molecule has 1 saturated heterocycles. The maximum absolute atomic E-state index is 12.4. The number of morpholine rings is 1. The van der Waals surface area contributed by atoms with Crippen LogP contribution in [0.4, 0.5) is 11.5 Å². The Kier molecular flexibility index (Phi) is 6.11. The minimum Gasteiger partial charge on any atom is -0.480 e. The summed E-state index contributed by atoms with van der Waals surface area (Å²) in [5.41, 5.74) is 1.76. The van der Waals surface area contributed by atoms with Crippen LogP contribution < -0.4 is 15.0 Å². The fourth-order valence-corrected chi connectivity index (χ4v) is 3.22. The predicted octanol–water partition coefficient (Wildman–Crippen LogP) is 3.40. The number of hydrogen-bond donors (Lipinski definition) is 1. The number of carbonyl (C=O) groups is 1. The number of benzene rings is 1. The Balaban J connectivity index is 1.58. The lowest BCUT2D eigenvalue weighted by Crippen LogP contribution is -2.36. The van der Waals surface area contributed by atoms with Crippen LogP contribution in [0.15, 0.2) is 41.0 Å². The van der Waals surface area contributed by atoms with Crippen LogP contribution in [0.3, 0.4) is 0 Å². The molecule has 0 aliphatic carbocycles. The molecule has 1 amide bonds. The van der Waals surface area contributed by atoms with Gasteiger partial charge in [-0.3, -0.25) is 4.79 Å². The highest BCUT2D eigenvalue weighted by molar-refractivity contribution is 9.10. The second kappa shape index (κ2) is 8.51. The zero-order valence-corrected chi connectivity index (χ0v) is 16.5. The molecule has 1 aromatic heterocycles. The summed E-state index contributed by atoms with van der Waals surface area (Å²) in [7, 11) is 0. The van der Waals surface area contributed by atoms with Crippen molar-refractivity contribution in [1.82, 2.24) is 4.98 Å². The van der Waals surface area contributed by atoms with Crippen molar-refractivity contribution in [2.45, 2.75) is 20.0 Å². The minimum absolute atomic E-state index is 0.224. The van der Waals surface area contributed by atoms with Crippen molar-refractivity contribution in [3.63, 3.8) is 0 Å². The van der Waals surface area contributed by atoms with E-state index in [9.17, 15) is 4.79 Å². The maximum atomic E-state index is 12.4. The van der Waals surface area contributed by atoms with Crippen molar-refractivity contribution >= 4 is 33.3 Å². The van der Waals surface area contributed by atoms with Crippen molar-refractivity contribution in [3.8, 4) is 5.75 Å². The second-order valence-corrected chi connectivity index (χ2v) is 7.04. The molecule has 6 nitrogen and oxygen atoms in total. The summed E-state index contributed by atoms with van der Waals surface area (Å²) in [5, 5.41) is 2.84. The molecular formula is C19H22BrN3O3. The Bertz CT molecular complexity index is 761. The van der Waals surface area contributed by atoms with Crippen LogP contribution in [0.2, 0.25) is 0 Å². The third-order valence-electron chi connectivity index (χ3n) is 4.11. The van der Waals surface area contributed by atoms with Gasteiger partial charge in [0.25, 0.3) is 5.91 Å². The van der Waals surface area contributed by atoms with E-state index >= 15 is 0 Å². The summed E-state index contributed by atoms with van der Waals surface area (Å²) in [6.45, 7) is 6.80. The van der Waals surface area contributed by atoms with Gasteiger partial charge in [0.2, 0.25) is 0 Å². The number of rotatable bonds is 5. The van der Waals surface area contributed by atoms with Gasteiger partial charge in [0.05, 0.1) is 29.6 Å². The zero-order chi connectivity index (χ0) is 18.5. The van der Waals surface area contributed by atoms with E-state index in [-0.39, 0.29) is 5.91 Å². The topological polar surface area (TPSA) is 63.7 Å². The molecular weight excluding hydrogens is 398 g/mol. The molecule has 3 rings (SSSR count). The number of amides is 1. The lowest BCUT2D eigenvalue weighted by Gasteiger charge is -2.27. The van der Waals surface area contributed by atoms with Gasteiger partial charge in [0.15, 0.2) is 6.10 Å². The van der Waals surface area contributed by atoms with E-state index in [0.29, 0.717) is 24.7 Å². The monoisotopic (exact) mass is 419 g/mol. The predicted molar refractivity (Wildman–Crippen MR) is 105 cm³/mol. The molecule has 0 spiro atoms. The molecule has 1 fully saturated rings. The largest absolute Gasteiger partial charge is 0.480 e. The summed E-state index contributed by atoms with van der Waals surface area (Å²) in [6, 6.07) is 9.50. The normalized spacial score (nSPS) is 15.4. The van der Waals surface area contributed by atoms with Gasteiger partial charge in [-0.2, -0.15) is 0 Å². The molecule has 1 N–H and O–H groups in total. The molecule has 2 heterocycles. The number of nitrogens with zero attached hydrogens (tertiary/aromatic N) is 2. The molecule has 0 unspecified atom stereocenters. The third kappa shape index (κ3) is 4.74. The van der Waals surface area contributed by atoms with Crippen molar-refractivity contribution in [2.24, 2.45) is 0 Å². The fourth-order valence-electron chi connectivity index (χ4n) is 2.63. The number of aryl methyl sites for hydroxylation is 1. The molecule has 26 heavy (non-hydrogen) atoms. The Hall–Kier alpha value is -2.12. The lowest BCUT2D eigenvalue weighted by molar-refractivity contribution is -0.122. The highest BCUT2D eigenvalue weighted by atomic mass is 79.9. The molecule has 0 radical (unpaired) electrons. The van der Waals surface area contributed by atoms with Crippen molar-refractivity contribution in [1.29, 1.82) is 0 Å². The minimum atomic E-state index is -0.632. The van der Waals surface area contributed by atoms with E-state index in [1.807, 2.05) is 37.3 Å². The van der Waals surface area contributed by atoms with Crippen LogP contribution in [0.25, 0.3) is 0 Å². The van der Waals surface area contributed by atoms with Crippen LogP contribution in [0.1, 0.15) is 12.5 Å². The quantitative estimate of drug-likeness (QED) is 0.804. The number of halogens is 1.